The molecule has 2 heterocycles. The highest BCUT2D eigenvalue weighted by molar-refractivity contribution is 7.89. The Morgan fingerprint density at radius 2 is 1.71 bits per heavy atom. The van der Waals surface area contributed by atoms with Crippen molar-refractivity contribution in [3.63, 3.8) is 0 Å². The number of fused-ring (bicyclic) bond motifs is 2. The van der Waals surface area contributed by atoms with Gasteiger partial charge in [0.2, 0.25) is 10.0 Å². The third-order valence-electron chi connectivity index (χ3n) is 7.78. The van der Waals surface area contributed by atoms with E-state index in [9.17, 15) is 8.42 Å². The highest BCUT2D eigenvalue weighted by Gasteiger charge is 2.55. The smallest absolute Gasteiger partial charge is 0.243 e. The SMILES string of the molecule is C=C1c2cncnc2[C@H](c2ccccc2)[C@H]2CN(S(=O)(=O)c3c(C)cc(C)cc3C)[C@@H](C(C)C)[C@H]12. The fourth-order valence-electron chi connectivity index (χ4n) is 6.63. The molecule has 5 nitrogen and oxygen atoms in total. The first-order valence-electron chi connectivity index (χ1n) is 12.3. The van der Waals surface area contributed by atoms with Crippen LogP contribution in [-0.2, 0) is 10.0 Å². The lowest BCUT2D eigenvalue weighted by Crippen LogP contribution is -2.42. The molecule has 0 saturated carbocycles. The molecule has 1 aliphatic heterocycles. The van der Waals surface area contributed by atoms with Crippen LogP contribution in [0.15, 0.2) is 66.5 Å². The van der Waals surface area contributed by atoms with Crippen LogP contribution in [-0.4, -0.2) is 35.3 Å². The van der Waals surface area contributed by atoms with Crippen LogP contribution in [0.25, 0.3) is 5.57 Å². The summed E-state index contributed by atoms with van der Waals surface area (Å²) < 4.78 is 30.4. The molecule has 0 amide bonds. The zero-order chi connectivity index (χ0) is 25.1. The second kappa shape index (κ2) is 8.68. The quantitative estimate of drug-likeness (QED) is 0.486. The van der Waals surface area contributed by atoms with Crippen molar-refractivity contribution in [3.05, 3.63) is 95.1 Å². The topological polar surface area (TPSA) is 63.2 Å². The molecule has 0 radical (unpaired) electrons. The lowest BCUT2D eigenvalue weighted by atomic mass is 9.65. The van der Waals surface area contributed by atoms with Crippen LogP contribution in [0.5, 0.6) is 0 Å². The van der Waals surface area contributed by atoms with Crippen molar-refractivity contribution >= 4 is 15.6 Å². The number of hydrogen-bond donors (Lipinski definition) is 0. The van der Waals surface area contributed by atoms with Gasteiger partial charge in [-0.25, -0.2) is 18.4 Å². The Labute approximate surface area is 209 Å². The van der Waals surface area contributed by atoms with Crippen LogP contribution in [0.4, 0.5) is 0 Å². The third-order valence-corrected chi connectivity index (χ3v) is 9.95. The van der Waals surface area contributed by atoms with Gasteiger partial charge in [0.1, 0.15) is 6.33 Å². The Morgan fingerprint density at radius 3 is 2.34 bits per heavy atom. The van der Waals surface area contributed by atoms with E-state index in [2.05, 4.69) is 37.5 Å². The van der Waals surface area contributed by atoms with Gasteiger partial charge in [0, 0.05) is 36.2 Å². The van der Waals surface area contributed by atoms with Crippen molar-refractivity contribution in [3.8, 4) is 0 Å². The molecule has 182 valence electrons. The molecule has 0 bridgehead atoms. The summed E-state index contributed by atoms with van der Waals surface area (Å²) in [6.45, 7) is 15.0. The molecular formula is C29H33N3O2S. The maximum atomic E-state index is 14.3. The predicted molar refractivity (Wildman–Crippen MR) is 140 cm³/mol. The minimum Gasteiger partial charge on any atom is -0.244 e. The minimum absolute atomic E-state index is 0.0143. The Morgan fingerprint density at radius 1 is 1.06 bits per heavy atom. The van der Waals surface area contributed by atoms with E-state index in [1.807, 2.05) is 57.3 Å². The number of aromatic nitrogens is 2. The van der Waals surface area contributed by atoms with Crippen molar-refractivity contribution in [1.82, 2.24) is 14.3 Å². The second-order valence-electron chi connectivity index (χ2n) is 10.5. The molecular weight excluding hydrogens is 454 g/mol. The molecule has 35 heavy (non-hydrogen) atoms. The molecule has 3 aromatic rings. The summed E-state index contributed by atoms with van der Waals surface area (Å²) in [7, 11) is -3.73. The Kier molecular flexibility index (Phi) is 5.93. The van der Waals surface area contributed by atoms with Gasteiger partial charge in [-0.05, 0) is 54.9 Å². The molecule has 1 fully saturated rings. The van der Waals surface area contributed by atoms with E-state index in [1.54, 1.807) is 10.6 Å². The van der Waals surface area contributed by atoms with Crippen LogP contribution in [0, 0.1) is 38.5 Å². The average Bonchev–Trinajstić information content (AvgIpc) is 3.21. The van der Waals surface area contributed by atoms with Gasteiger partial charge < -0.3 is 0 Å². The summed E-state index contributed by atoms with van der Waals surface area (Å²) in [4.78, 5) is 9.44. The molecule has 0 N–H and O–H groups in total. The molecule has 2 aliphatic rings. The maximum absolute atomic E-state index is 14.3. The van der Waals surface area contributed by atoms with Crippen molar-refractivity contribution in [2.75, 3.05) is 6.54 Å². The lowest BCUT2D eigenvalue weighted by molar-refractivity contribution is 0.285. The highest BCUT2D eigenvalue weighted by atomic mass is 32.2. The summed E-state index contributed by atoms with van der Waals surface area (Å²) in [5, 5.41) is 0. The molecule has 5 rings (SSSR count). The molecule has 0 spiro atoms. The average molecular weight is 488 g/mol. The van der Waals surface area contributed by atoms with Gasteiger partial charge in [0.05, 0.1) is 10.6 Å². The normalized spacial score (nSPS) is 24.5. The van der Waals surface area contributed by atoms with Crippen LogP contribution >= 0.6 is 0 Å². The standard InChI is InChI=1S/C29H33N3O2S/c1-17(2)28-25-21(6)23-14-30-16-31-27(23)26(22-10-8-7-9-11-22)24(25)15-32(28)35(33,34)29-19(4)12-18(3)13-20(29)5/h7-14,16-17,24-26,28H,6,15H2,1-5H3/t24-,25+,26+,28-/m0/s1. The summed E-state index contributed by atoms with van der Waals surface area (Å²) in [5.41, 5.74) is 6.67. The van der Waals surface area contributed by atoms with E-state index >= 15 is 0 Å². The number of hydrogen-bond acceptors (Lipinski definition) is 4. The molecule has 1 saturated heterocycles. The van der Waals surface area contributed by atoms with Crippen molar-refractivity contribution in [1.29, 1.82) is 0 Å². The number of benzene rings is 2. The highest BCUT2D eigenvalue weighted by Crippen LogP contribution is 2.55. The molecule has 6 heteroatoms. The van der Waals surface area contributed by atoms with Crippen LogP contribution in [0.2, 0.25) is 0 Å². The van der Waals surface area contributed by atoms with Crippen molar-refractivity contribution in [2.24, 2.45) is 17.8 Å². The first-order valence-corrected chi connectivity index (χ1v) is 13.7. The number of nitrogens with zero attached hydrogens (tertiary/aromatic N) is 3. The molecule has 0 unspecified atom stereocenters. The van der Waals surface area contributed by atoms with Gasteiger partial charge in [0.25, 0.3) is 0 Å². The lowest BCUT2D eigenvalue weighted by Gasteiger charge is -2.39. The van der Waals surface area contributed by atoms with Gasteiger partial charge in [-0.2, -0.15) is 4.31 Å². The number of sulfonamides is 1. The summed E-state index contributed by atoms with van der Waals surface area (Å²) in [6, 6.07) is 14.1. The second-order valence-corrected chi connectivity index (χ2v) is 12.3. The van der Waals surface area contributed by atoms with E-state index in [0.717, 1.165) is 39.1 Å². The van der Waals surface area contributed by atoms with Gasteiger partial charge in [-0.3, -0.25) is 0 Å². The van der Waals surface area contributed by atoms with Crippen LogP contribution < -0.4 is 0 Å². The monoisotopic (exact) mass is 487 g/mol. The molecule has 1 aliphatic carbocycles. The fourth-order valence-corrected chi connectivity index (χ4v) is 8.86. The predicted octanol–water partition coefficient (Wildman–Crippen LogP) is 5.52. The van der Waals surface area contributed by atoms with E-state index in [4.69, 9.17) is 4.98 Å². The van der Waals surface area contributed by atoms with Gasteiger partial charge in [-0.1, -0.05) is 68.5 Å². The first kappa shape index (κ1) is 23.9. The molecule has 4 atom stereocenters. The molecule has 2 aromatic carbocycles. The van der Waals surface area contributed by atoms with E-state index in [-0.39, 0.29) is 29.7 Å². The minimum atomic E-state index is -3.73. The van der Waals surface area contributed by atoms with Crippen LogP contribution in [0.3, 0.4) is 0 Å². The summed E-state index contributed by atoms with van der Waals surface area (Å²) in [6.07, 6.45) is 3.43. The zero-order valence-corrected chi connectivity index (χ0v) is 21.9. The van der Waals surface area contributed by atoms with Gasteiger partial charge >= 0.3 is 0 Å². The third kappa shape index (κ3) is 3.74. The van der Waals surface area contributed by atoms with E-state index in [0.29, 0.717) is 11.4 Å². The Bertz CT molecular complexity index is 1380. The number of rotatable bonds is 4. The largest absolute Gasteiger partial charge is 0.244 e. The zero-order valence-electron chi connectivity index (χ0n) is 21.1. The van der Waals surface area contributed by atoms with Crippen molar-refractivity contribution in [2.45, 2.75) is 51.5 Å². The molecule has 1 aromatic heterocycles. The Hall–Kier alpha value is -2.83. The Balaban J connectivity index is 1.70. The first-order chi connectivity index (χ1) is 16.6. The van der Waals surface area contributed by atoms with Crippen molar-refractivity contribution < 1.29 is 8.42 Å². The van der Waals surface area contributed by atoms with E-state index < -0.39 is 10.0 Å². The van der Waals surface area contributed by atoms with Gasteiger partial charge in [0.15, 0.2) is 0 Å². The summed E-state index contributed by atoms with van der Waals surface area (Å²) in [5.74, 6) is 0.122. The number of aryl methyl sites for hydroxylation is 3. The van der Waals surface area contributed by atoms with Gasteiger partial charge in [-0.15, -0.1) is 0 Å². The maximum Gasteiger partial charge on any atom is 0.243 e. The fraction of sp³-hybridized carbons (Fsp3) is 0.379. The van der Waals surface area contributed by atoms with E-state index in [1.165, 1.54) is 0 Å². The van der Waals surface area contributed by atoms with Crippen LogP contribution in [0.1, 0.15) is 53.3 Å². The summed E-state index contributed by atoms with van der Waals surface area (Å²) >= 11 is 0.